The average Bonchev–Trinajstić information content (AvgIpc) is 2.39. The van der Waals surface area contributed by atoms with Crippen LogP contribution >= 0.6 is 0 Å². The van der Waals surface area contributed by atoms with Gasteiger partial charge in [-0.1, -0.05) is 6.92 Å². The molecular weight excluding hydrogens is 252 g/mol. The number of hydrogen-bond donors (Lipinski definition) is 7. The molecule has 0 aliphatic carbocycles. The van der Waals surface area contributed by atoms with Crippen molar-refractivity contribution in [3.05, 3.63) is 0 Å². The lowest BCUT2D eigenvalue weighted by atomic mass is 10.0. The molecule has 0 aromatic carbocycles. The van der Waals surface area contributed by atoms with Crippen LogP contribution in [0.2, 0.25) is 0 Å². The second-order valence-electron chi connectivity index (χ2n) is 4.31. The van der Waals surface area contributed by atoms with Gasteiger partial charge in [0.2, 0.25) is 0 Å². The standard InChI is InChI=1S/C11H28N4O4/c1-2-11(18,9(16)7-14-5-3-12)15-10(17)8-19-6-4-13/h9-10,14-18H,2-8,12-13H2,1H3. The lowest BCUT2D eigenvalue weighted by Gasteiger charge is -2.35. The summed E-state index contributed by atoms with van der Waals surface area (Å²) in [5, 5.41) is 35.3. The van der Waals surface area contributed by atoms with E-state index >= 15 is 0 Å². The van der Waals surface area contributed by atoms with Crippen molar-refractivity contribution in [2.75, 3.05) is 39.4 Å². The average molecular weight is 280 g/mol. The maximum Gasteiger partial charge on any atom is 0.145 e. The monoisotopic (exact) mass is 280 g/mol. The second-order valence-corrected chi connectivity index (χ2v) is 4.31. The van der Waals surface area contributed by atoms with Crippen molar-refractivity contribution in [2.24, 2.45) is 11.5 Å². The molecule has 0 saturated carbocycles. The summed E-state index contributed by atoms with van der Waals surface area (Å²) in [6, 6.07) is 0. The van der Waals surface area contributed by atoms with Gasteiger partial charge >= 0.3 is 0 Å². The molecule has 0 saturated heterocycles. The van der Waals surface area contributed by atoms with Gasteiger partial charge in [-0.05, 0) is 6.42 Å². The number of aliphatic hydroxyl groups excluding tert-OH is 2. The molecule has 0 aliphatic heterocycles. The van der Waals surface area contributed by atoms with E-state index in [2.05, 4.69) is 10.6 Å². The predicted octanol–water partition coefficient (Wildman–Crippen LogP) is -3.12. The minimum absolute atomic E-state index is 0.0114. The van der Waals surface area contributed by atoms with E-state index in [-0.39, 0.29) is 19.6 Å². The number of aliphatic hydroxyl groups is 3. The molecule has 0 bridgehead atoms. The zero-order chi connectivity index (χ0) is 14.7. The number of ether oxygens (including phenoxy) is 1. The molecule has 3 unspecified atom stereocenters. The third-order valence-corrected chi connectivity index (χ3v) is 2.70. The van der Waals surface area contributed by atoms with Gasteiger partial charge in [0.05, 0.1) is 13.2 Å². The van der Waals surface area contributed by atoms with Crippen LogP contribution in [0.1, 0.15) is 13.3 Å². The van der Waals surface area contributed by atoms with E-state index in [1.165, 1.54) is 0 Å². The topological polar surface area (TPSA) is 146 Å². The lowest BCUT2D eigenvalue weighted by Crippen LogP contribution is -2.61. The van der Waals surface area contributed by atoms with Crippen LogP contribution in [0.5, 0.6) is 0 Å². The lowest BCUT2D eigenvalue weighted by molar-refractivity contribution is -0.135. The van der Waals surface area contributed by atoms with Crippen molar-refractivity contribution in [1.29, 1.82) is 0 Å². The summed E-state index contributed by atoms with van der Waals surface area (Å²) < 4.78 is 5.05. The Kier molecular flexibility index (Phi) is 10.3. The first-order valence-electron chi connectivity index (χ1n) is 6.55. The molecule has 19 heavy (non-hydrogen) atoms. The molecule has 0 aliphatic rings. The van der Waals surface area contributed by atoms with Gasteiger partial charge in [-0.3, -0.25) is 5.32 Å². The number of nitrogens with one attached hydrogen (secondary N) is 2. The van der Waals surface area contributed by atoms with Crippen molar-refractivity contribution in [2.45, 2.75) is 31.4 Å². The van der Waals surface area contributed by atoms with E-state index in [1.54, 1.807) is 6.92 Å². The highest BCUT2D eigenvalue weighted by Crippen LogP contribution is 2.12. The Morgan fingerprint density at radius 2 is 1.95 bits per heavy atom. The molecule has 0 heterocycles. The third kappa shape index (κ3) is 7.75. The zero-order valence-corrected chi connectivity index (χ0v) is 11.5. The number of nitrogens with two attached hydrogens (primary N) is 2. The van der Waals surface area contributed by atoms with Gasteiger partial charge in [0, 0.05) is 26.2 Å². The molecular formula is C11H28N4O4. The Labute approximate surface area is 114 Å². The minimum atomic E-state index is -1.59. The van der Waals surface area contributed by atoms with Crippen molar-refractivity contribution >= 4 is 0 Å². The van der Waals surface area contributed by atoms with Crippen LogP contribution in [0.3, 0.4) is 0 Å². The molecule has 0 rings (SSSR count). The first-order valence-corrected chi connectivity index (χ1v) is 6.55. The van der Waals surface area contributed by atoms with E-state index in [9.17, 15) is 15.3 Å². The molecule has 0 fully saturated rings. The molecule has 0 aromatic rings. The number of hydrogen-bond acceptors (Lipinski definition) is 8. The molecule has 3 atom stereocenters. The van der Waals surface area contributed by atoms with Gasteiger partial charge in [0.15, 0.2) is 0 Å². The van der Waals surface area contributed by atoms with E-state index in [4.69, 9.17) is 16.2 Å². The van der Waals surface area contributed by atoms with E-state index < -0.39 is 18.1 Å². The van der Waals surface area contributed by atoms with Crippen LogP contribution in [0, 0.1) is 0 Å². The minimum Gasteiger partial charge on any atom is -0.387 e. The van der Waals surface area contributed by atoms with E-state index in [1.807, 2.05) is 0 Å². The summed E-state index contributed by atoms with van der Waals surface area (Å²) in [6.07, 6.45) is -1.93. The summed E-state index contributed by atoms with van der Waals surface area (Å²) in [6.45, 7) is 3.53. The molecule has 8 nitrogen and oxygen atoms in total. The smallest absolute Gasteiger partial charge is 0.145 e. The third-order valence-electron chi connectivity index (χ3n) is 2.70. The summed E-state index contributed by atoms with van der Waals surface area (Å²) in [5.41, 5.74) is 8.98. The first kappa shape index (κ1) is 18.7. The summed E-state index contributed by atoms with van der Waals surface area (Å²) in [7, 11) is 0. The largest absolute Gasteiger partial charge is 0.387 e. The van der Waals surface area contributed by atoms with Gasteiger partial charge in [0.1, 0.15) is 18.1 Å². The molecule has 116 valence electrons. The molecule has 0 amide bonds. The molecule has 9 N–H and O–H groups in total. The van der Waals surface area contributed by atoms with Crippen LogP contribution in [0.25, 0.3) is 0 Å². The fourth-order valence-electron chi connectivity index (χ4n) is 1.55. The summed E-state index contributed by atoms with van der Waals surface area (Å²) in [4.78, 5) is 0. The molecule has 0 radical (unpaired) electrons. The SMILES string of the molecule is CCC(O)(NC(O)COCCN)C(O)CNCCN. The van der Waals surface area contributed by atoms with Crippen LogP contribution in [-0.2, 0) is 4.74 Å². The van der Waals surface area contributed by atoms with E-state index in [0.717, 1.165) is 0 Å². The highest BCUT2D eigenvalue weighted by atomic mass is 16.5. The fourth-order valence-corrected chi connectivity index (χ4v) is 1.55. The first-order chi connectivity index (χ1) is 9.00. The maximum atomic E-state index is 10.2. The van der Waals surface area contributed by atoms with Gasteiger partial charge in [-0.15, -0.1) is 0 Å². The molecule has 0 spiro atoms. The van der Waals surface area contributed by atoms with Gasteiger partial charge in [0.25, 0.3) is 0 Å². The maximum absolute atomic E-state index is 10.2. The predicted molar refractivity (Wildman–Crippen MR) is 72.2 cm³/mol. The Balaban J connectivity index is 4.17. The zero-order valence-electron chi connectivity index (χ0n) is 11.5. The van der Waals surface area contributed by atoms with Crippen molar-refractivity contribution in [3.8, 4) is 0 Å². The van der Waals surface area contributed by atoms with Crippen LogP contribution in [0.4, 0.5) is 0 Å². The van der Waals surface area contributed by atoms with Gasteiger partial charge in [-0.25, -0.2) is 0 Å². The van der Waals surface area contributed by atoms with Gasteiger partial charge < -0.3 is 36.8 Å². The quantitative estimate of drug-likeness (QED) is 0.147. The Morgan fingerprint density at radius 1 is 1.26 bits per heavy atom. The normalized spacial score (nSPS) is 18.0. The summed E-state index contributed by atoms with van der Waals surface area (Å²) in [5.74, 6) is 0. The Hall–Kier alpha value is -0.320. The van der Waals surface area contributed by atoms with Crippen LogP contribution in [0.15, 0.2) is 0 Å². The second kappa shape index (κ2) is 10.5. The highest BCUT2D eigenvalue weighted by molar-refractivity contribution is 4.85. The Morgan fingerprint density at radius 3 is 2.47 bits per heavy atom. The number of rotatable bonds is 12. The van der Waals surface area contributed by atoms with Crippen molar-refractivity contribution < 1.29 is 20.1 Å². The van der Waals surface area contributed by atoms with E-state index in [0.29, 0.717) is 26.2 Å². The Bertz CT molecular complexity index is 223. The van der Waals surface area contributed by atoms with Crippen LogP contribution in [-0.4, -0.2) is 72.8 Å². The fraction of sp³-hybridized carbons (Fsp3) is 1.00. The highest BCUT2D eigenvalue weighted by Gasteiger charge is 2.35. The van der Waals surface area contributed by atoms with Crippen molar-refractivity contribution in [3.63, 3.8) is 0 Å². The molecule has 8 heteroatoms. The van der Waals surface area contributed by atoms with Crippen LogP contribution < -0.4 is 22.1 Å². The van der Waals surface area contributed by atoms with Gasteiger partial charge in [-0.2, -0.15) is 0 Å². The summed E-state index contributed by atoms with van der Waals surface area (Å²) >= 11 is 0. The molecule has 0 aromatic heterocycles. The van der Waals surface area contributed by atoms with Crippen molar-refractivity contribution in [1.82, 2.24) is 10.6 Å².